The van der Waals surface area contributed by atoms with Crippen LogP contribution >= 0.6 is 35.0 Å². The molecule has 33 heavy (non-hydrogen) atoms. The Kier molecular flexibility index (Phi) is 7.28. The van der Waals surface area contributed by atoms with Crippen LogP contribution in [0.1, 0.15) is 16.7 Å². The van der Waals surface area contributed by atoms with Crippen molar-refractivity contribution in [1.29, 1.82) is 0 Å². The molecule has 4 rings (SSSR count). The van der Waals surface area contributed by atoms with Gasteiger partial charge in [0.25, 0.3) is 5.91 Å². The molecule has 0 atom stereocenters. The number of hydrogen-bond donors (Lipinski definition) is 1. The van der Waals surface area contributed by atoms with E-state index in [0.717, 1.165) is 16.8 Å². The van der Waals surface area contributed by atoms with E-state index in [1.807, 2.05) is 49.4 Å². The molecule has 1 aliphatic rings. The molecule has 3 aromatic carbocycles. The van der Waals surface area contributed by atoms with Gasteiger partial charge in [0.1, 0.15) is 6.61 Å². The van der Waals surface area contributed by atoms with E-state index in [0.29, 0.717) is 37.2 Å². The van der Waals surface area contributed by atoms with Crippen molar-refractivity contribution in [3.8, 4) is 11.5 Å². The van der Waals surface area contributed by atoms with Crippen molar-refractivity contribution in [2.45, 2.75) is 13.5 Å². The van der Waals surface area contributed by atoms with Crippen LogP contribution in [0.4, 0.5) is 5.69 Å². The van der Waals surface area contributed by atoms with Crippen LogP contribution in [-0.4, -0.2) is 18.2 Å². The Bertz CT molecular complexity index is 1260. The molecule has 0 bridgehead atoms. The molecular formula is C25H20Cl2N2O3S. The number of para-hydroxylation sites is 1. The number of benzene rings is 3. The van der Waals surface area contributed by atoms with E-state index in [1.54, 1.807) is 31.4 Å². The lowest BCUT2D eigenvalue weighted by molar-refractivity contribution is -0.115. The summed E-state index contributed by atoms with van der Waals surface area (Å²) in [5.41, 5.74) is 3.49. The van der Waals surface area contributed by atoms with Gasteiger partial charge in [-0.05, 0) is 60.7 Å². The van der Waals surface area contributed by atoms with Gasteiger partial charge in [-0.1, -0.05) is 59.1 Å². The van der Waals surface area contributed by atoms with E-state index in [2.05, 4.69) is 10.3 Å². The van der Waals surface area contributed by atoms with Crippen LogP contribution in [0.5, 0.6) is 11.5 Å². The van der Waals surface area contributed by atoms with Gasteiger partial charge < -0.3 is 14.8 Å². The SMILES string of the molecule is COc1cccc(/C=C2\SC(=Nc3ccc(C)cc3)NC2=O)c1OCc1ccc(Cl)c(Cl)c1. The van der Waals surface area contributed by atoms with Crippen molar-refractivity contribution >= 4 is 57.8 Å². The summed E-state index contributed by atoms with van der Waals surface area (Å²) in [5, 5.41) is 4.28. The molecule has 0 spiro atoms. The monoisotopic (exact) mass is 498 g/mol. The second kappa shape index (κ2) is 10.3. The number of nitrogens with zero attached hydrogens (tertiary/aromatic N) is 1. The molecule has 0 aliphatic carbocycles. The molecule has 8 heteroatoms. The number of amides is 1. The maximum absolute atomic E-state index is 12.6. The lowest BCUT2D eigenvalue weighted by Gasteiger charge is -2.14. The summed E-state index contributed by atoms with van der Waals surface area (Å²) >= 11 is 13.4. The highest BCUT2D eigenvalue weighted by Crippen LogP contribution is 2.36. The minimum atomic E-state index is -0.218. The van der Waals surface area contributed by atoms with E-state index < -0.39 is 0 Å². The fraction of sp³-hybridized carbons (Fsp3) is 0.120. The molecule has 1 aliphatic heterocycles. The Morgan fingerprint density at radius 2 is 1.85 bits per heavy atom. The first kappa shape index (κ1) is 23.2. The topological polar surface area (TPSA) is 59.9 Å². The number of ether oxygens (including phenoxy) is 2. The van der Waals surface area contributed by atoms with Crippen LogP contribution in [0, 0.1) is 6.92 Å². The number of thioether (sulfide) groups is 1. The Labute approximate surface area is 206 Å². The number of halogens is 2. The van der Waals surface area contributed by atoms with E-state index in [9.17, 15) is 4.79 Å². The van der Waals surface area contributed by atoms with Gasteiger partial charge in [0.05, 0.1) is 27.7 Å². The molecule has 168 valence electrons. The van der Waals surface area contributed by atoms with Gasteiger partial charge in [0.2, 0.25) is 0 Å². The normalized spacial score (nSPS) is 15.7. The largest absolute Gasteiger partial charge is 0.493 e. The lowest BCUT2D eigenvalue weighted by atomic mass is 10.1. The number of rotatable bonds is 6. The predicted molar refractivity (Wildman–Crippen MR) is 136 cm³/mol. The molecule has 0 saturated carbocycles. The number of methoxy groups -OCH3 is 1. The molecule has 3 aromatic rings. The third kappa shape index (κ3) is 5.71. The van der Waals surface area contributed by atoms with Crippen molar-refractivity contribution < 1.29 is 14.3 Å². The van der Waals surface area contributed by atoms with Crippen molar-refractivity contribution in [2.75, 3.05) is 7.11 Å². The Balaban J connectivity index is 1.58. The molecule has 5 nitrogen and oxygen atoms in total. The third-order valence-electron chi connectivity index (χ3n) is 4.80. The first-order valence-corrected chi connectivity index (χ1v) is 11.6. The average Bonchev–Trinajstić information content (AvgIpc) is 3.15. The van der Waals surface area contributed by atoms with Crippen LogP contribution in [-0.2, 0) is 11.4 Å². The number of nitrogens with one attached hydrogen (secondary N) is 1. The lowest BCUT2D eigenvalue weighted by Crippen LogP contribution is -2.19. The van der Waals surface area contributed by atoms with E-state index in [1.165, 1.54) is 11.8 Å². The highest BCUT2D eigenvalue weighted by Gasteiger charge is 2.24. The maximum atomic E-state index is 12.6. The third-order valence-corrected chi connectivity index (χ3v) is 6.45. The second-order valence-electron chi connectivity index (χ2n) is 7.23. The first-order valence-electron chi connectivity index (χ1n) is 10.0. The molecule has 1 fully saturated rings. The summed E-state index contributed by atoms with van der Waals surface area (Å²) in [4.78, 5) is 17.6. The number of carbonyl (C=O) groups is 1. The first-order chi connectivity index (χ1) is 15.9. The molecule has 0 aromatic heterocycles. The molecule has 1 amide bonds. The van der Waals surface area contributed by atoms with Crippen LogP contribution in [0.25, 0.3) is 6.08 Å². The Morgan fingerprint density at radius 3 is 2.58 bits per heavy atom. The predicted octanol–water partition coefficient (Wildman–Crippen LogP) is 6.78. The smallest absolute Gasteiger partial charge is 0.264 e. The van der Waals surface area contributed by atoms with E-state index >= 15 is 0 Å². The zero-order valence-corrected chi connectivity index (χ0v) is 20.2. The molecule has 1 heterocycles. The van der Waals surface area contributed by atoms with Crippen LogP contribution < -0.4 is 14.8 Å². The van der Waals surface area contributed by atoms with Gasteiger partial charge in [-0.3, -0.25) is 4.79 Å². The number of hydrogen-bond acceptors (Lipinski definition) is 5. The number of aliphatic imine (C=N–C) groups is 1. The van der Waals surface area contributed by atoms with Gasteiger partial charge in [0.15, 0.2) is 16.7 Å². The number of carbonyl (C=O) groups excluding carboxylic acids is 1. The highest BCUT2D eigenvalue weighted by molar-refractivity contribution is 8.18. The van der Waals surface area contributed by atoms with Crippen molar-refractivity contribution in [1.82, 2.24) is 5.32 Å². The molecular weight excluding hydrogens is 479 g/mol. The number of aryl methyl sites for hydroxylation is 1. The summed E-state index contributed by atoms with van der Waals surface area (Å²) in [5.74, 6) is 0.862. The minimum absolute atomic E-state index is 0.218. The zero-order chi connectivity index (χ0) is 23.4. The molecule has 1 saturated heterocycles. The fourth-order valence-corrected chi connectivity index (χ4v) is 4.26. The molecule has 0 unspecified atom stereocenters. The summed E-state index contributed by atoms with van der Waals surface area (Å²) < 4.78 is 11.6. The summed E-state index contributed by atoms with van der Waals surface area (Å²) in [6, 6.07) is 18.6. The van der Waals surface area contributed by atoms with E-state index in [-0.39, 0.29) is 12.5 Å². The Morgan fingerprint density at radius 1 is 1.06 bits per heavy atom. The van der Waals surface area contributed by atoms with Crippen LogP contribution in [0.2, 0.25) is 10.0 Å². The molecule has 1 N–H and O–H groups in total. The summed E-state index contributed by atoms with van der Waals surface area (Å²) in [6.45, 7) is 2.27. The zero-order valence-electron chi connectivity index (χ0n) is 17.9. The fourth-order valence-electron chi connectivity index (χ4n) is 3.10. The van der Waals surface area contributed by atoms with Gasteiger partial charge in [-0.15, -0.1) is 0 Å². The standard InChI is InChI=1S/C25H20Cl2N2O3S/c1-15-6-9-18(10-7-15)28-25-29-24(30)22(33-25)13-17-4-3-5-21(31-2)23(17)32-14-16-8-11-19(26)20(27)12-16/h3-13H,14H2,1-2H3,(H,28,29,30)/b22-13-. The average molecular weight is 499 g/mol. The van der Waals surface area contributed by atoms with Gasteiger partial charge in [-0.25, -0.2) is 4.99 Å². The number of amidine groups is 1. The Hall–Kier alpha value is -2.93. The van der Waals surface area contributed by atoms with Crippen molar-refractivity contribution in [3.05, 3.63) is 92.3 Å². The van der Waals surface area contributed by atoms with Crippen molar-refractivity contribution in [3.63, 3.8) is 0 Å². The molecule has 0 radical (unpaired) electrons. The second-order valence-corrected chi connectivity index (χ2v) is 9.08. The van der Waals surface area contributed by atoms with Gasteiger partial charge in [-0.2, -0.15) is 0 Å². The quantitative estimate of drug-likeness (QED) is 0.380. The van der Waals surface area contributed by atoms with Crippen LogP contribution in [0.15, 0.2) is 70.6 Å². The minimum Gasteiger partial charge on any atom is -0.493 e. The van der Waals surface area contributed by atoms with E-state index in [4.69, 9.17) is 32.7 Å². The summed E-state index contributed by atoms with van der Waals surface area (Å²) in [6.07, 6.45) is 1.77. The maximum Gasteiger partial charge on any atom is 0.264 e. The summed E-state index contributed by atoms with van der Waals surface area (Å²) in [7, 11) is 1.57. The van der Waals surface area contributed by atoms with Crippen molar-refractivity contribution in [2.24, 2.45) is 4.99 Å². The highest BCUT2D eigenvalue weighted by atomic mass is 35.5. The van der Waals surface area contributed by atoms with Gasteiger partial charge in [0, 0.05) is 5.56 Å². The van der Waals surface area contributed by atoms with Crippen LogP contribution in [0.3, 0.4) is 0 Å². The van der Waals surface area contributed by atoms with Gasteiger partial charge >= 0.3 is 0 Å².